The largest absolute Gasteiger partial charge is 0.506 e. The summed E-state index contributed by atoms with van der Waals surface area (Å²) in [5, 5.41) is 18.1. The van der Waals surface area contributed by atoms with Crippen LogP contribution in [-0.4, -0.2) is 27.9 Å². The number of pyridine rings is 1. The fourth-order valence-corrected chi connectivity index (χ4v) is 3.97. The van der Waals surface area contributed by atoms with Crippen LogP contribution in [0.3, 0.4) is 0 Å². The third-order valence-corrected chi connectivity index (χ3v) is 5.70. The van der Waals surface area contributed by atoms with Crippen molar-refractivity contribution < 1.29 is 19.1 Å². The summed E-state index contributed by atoms with van der Waals surface area (Å²) in [6.45, 7) is 7.02. The third-order valence-electron chi connectivity index (χ3n) is 5.70. The molecule has 34 heavy (non-hydrogen) atoms. The van der Waals surface area contributed by atoms with Gasteiger partial charge >= 0.3 is 0 Å². The molecule has 1 atom stereocenters. The number of hydrogen-bond acceptors (Lipinski definition) is 5. The van der Waals surface area contributed by atoms with Crippen molar-refractivity contribution in [2.75, 3.05) is 5.32 Å². The number of hydrogen-bond donors (Lipinski definition) is 4. The van der Waals surface area contributed by atoms with Gasteiger partial charge in [0.2, 0.25) is 5.91 Å². The summed E-state index contributed by atoms with van der Waals surface area (Å²) in [7, 11) is 0. The molecular weight excluding hydrogens is 435 g/mol. The molecule has 1 saturated carbocycles. The van der Waals surface area contributed by atoms with E-state index >= 15 is 0 Å². The van der Waals surface area contributed by atoms with Gasteiger partial charge in [-0.2, -0.15) is 0 Å². The Hall–Kier alpha value is -3.94. The number of nitrogens with zero attached hydrogens (tertiary/aromatic N) is 1. The lowest BCUT2D eigenvalue weighted by molar-refractivity contribution is -0.122. The molecule has 2 amide bonds. The Morgan fingerprint density at radius 2 is 2.03 bits per heavy atom. The molecule has 178 valence electrons. The lowest BCUT2D eigenvalue weighted by Crippen LogP contribution is -2.47. The van der Waals surface area contributed by atoms with Crippen LogP contribution in [0.4, 0.5) is 15.8 Å². The van der Waals surface area contributed by atoms with Crippen LogP contribution >= 0.6 is 0 Å². The maximum Gasteiger partial charge on any atom is 0.252 e. The molecule has 7 nitrogen and oxygen atoms in total. The smallest absolute Gasteiger partial charge is 0.252 e. The Morgan fingerprint density at radius 3 is 2.71 bits per heavy atom. The molecule has 0 aliphatic heterocycles. The minimum Gasteiger partial charge on any atom is -0.506 e. The van der Waals surface area contributed by atoms with E-state index in [-0.39, 0.29) is 17.1 Å². The zero-order valence-corrected chi connectivity index (χ0v) is 18.9. The summed E-state index contributed by atoms with van der Waals surface area (Å²) in [5.74, 6) is -1.38. The minimum absolute atomic E-state index is 0.122. The molecule has 4 N–H and O–H groups in total. The Kier molecular flexibility index (Phi) is 8.56. The SMILES string of the molecule is C=C/C=C(/NC(=O)C(CC1CCCC1)NC(=O)c1cccc(Nc2ccncc2F)c1)C(=C)O. The maximum absolute atomic E-state index is 13.9. The summed E-state index contributed by atoms with van der Waals surface area (Å²) in [4.78, 5) is 29.8. The summed E-state index contributed by atoms with van der Waals surface area (Å²) in [6.07, 6.45) is 10.1. The monoisotopic (exact) mass is 464 g/mol. The minimum atomic E-state index is -0.808. The third kappa shape index (κ3) is 6.78. The number of carbonyl (C=O) groups is 2. The van der Waals surface area contributed by atoms with Crippen LogP contribution in [0.5, 0.6) is 0 Å². The van der Waals surface area contributed by atoms with Crippen molar-refractivity contribution >= 4 is 23.2 Å². The first kappa shape index (κ1) is 24.7. The summed E-state index contributed by atoms with van der Waals surface area (Å²) >= 11 is 0. The lowest BCUT2D eigenvalue weighted by atomic mass is 9.97. The molecule has 1 unspecified atom stereocenters. The molecule has 1 aliphatic rings. The van der Waals surface area contributed by atoms with E-state index in [0.29, 0.717) is 23.6 Å². The number of anilines is 2. The molecule has 0 spiro atoms. The van der Waals surface area contributed by atoms with Crippen molar-refractivity contribution in [3.05, 3.63) is 90.9 Å². The summed E-state index contributed by atoms with van der Waals surface area (Å²) < 4.78 is 13.9. The lowest BCUT2D eigenvalue weighted by Gasteiger charge is -2.22. The van der Waals surface area contributed by atoms with Crippen molar-refractivity contribution in [1.29, 1.82) is 0 Å². The second-order valence-electron chi connectivity index (χ2n) is 8.23. The van der Waals surface area contributed by atoms with Crippen molar-refractivity contribution in [3.63, 3.8) is 0 Å². The van der Waals surface area contributed by atoms with E-state index in [1.807, 2.05) is 0 Å². The number of carbonyl (C=O) groups excluding carboxylic acids is 2. The molecular formula is C26H29FN4O3. The highest BCUT2D eigenvalue weighted by Crippen LogP contribution is 2.29. The number of aliphatic hydroxyl groups excluding tert-OH is 1. The molecule has 8 heteroatoms. The molecule has 0 radical (unpaired) electrons. The highest BCUT2D eigenvalue weighted by atomic mass is 19.1. The Bertz CT molecular complexity index is 1090. The van der Waals surface area contributed by atoms with Crippen molar-refractivity contribution in [1.82, 2.24) is 15.6 Å². The van der Waals surface area contributed by atoms with Gasteiger partial charge in [0.1, 0.15) is 11.8 Å². The van der Waals surface area contributed by atoms with E-state index in [0.717, 1.165) is 31.9 Å². The van der Waals surface area contributed by atoms with Crippen LogP contribution in [0.1, 0.15) is 42.5 Å². The summed E-state index contributed by atoms with van der Waals surface area (Å²) in [5.41, 5.74) is 1.19. The number of aromatic nitrogens is 1. The zero-order valence-electron chi connectivity index (χ0n) is 18.9. The van der Waals surface area contributed by atoms with Crippen molar-refractivity contribution in [3.8, 4) is 0 Å². The van der Waals surface area contributed by atoms with E-state index < -0.39 is 23.7 Å². The quantitative estimate of drug-likeness (QED) is 0.296. The Balaban J connectivity index is 1.76. The van der Waals surface area contributed by atoms with Gasteiger partial charge in [-0.25, -0.2) is 4.39 Å². The van der Waals surface area contributed by atoms with Gasteiger partial charge in [0.05, 0.1) is 17.6 Å². The normalized spacial score (nSPS) is 14.8. The van der Waals surface area contributed by atoms with Crippen LogP contribution < -0.4 is 16.0 Å². The van der Waals surface area contributed by atoms with Crippen LogP contribution in [0.15, 0.2) is 79.5 Å². The fraction of sp³-hybridized carbons (Fsp3) is 0.269. The van der Waals surface area contributed by atoms with Crippen LogP contribution in [-0.2, 0) is 4.79 Å². The molecule has 2 aromatic rings. The number of allylic oxidation sites excluding steroid dienone is 2. The maximum atomic E-state index is 13.9. The van der Waals surface area contributed by atoms with E-state index in [1.54, 1.807) is 24.3 Å². The van der Waals surface area contributed by atoms with Crippen LogP contribution in [0.25, 0.3) is 0 Å². The number of aliphatic hydroxyl groups is 1. The number of rotatable bonds is 10. The second-order valence-corrected chi connectivity index (χ2v) is 8.23. The standard InChI is InChI=1S/C26H29FN4O3/c1-3-7-22(17(2)32)30-26(34)24(14-18-8-4-5-9-18)31-25(33)19-10-6-11-20(15-19)29-23-12-13-28-16-21(23)27/h3,6-7,10-13,15-16,18,24,32H,1-2,4-5,8-9,14H2,(H,28,29)(H,30,34)(H,31,33)/b22-7+. The average Bonchev–Trinajstić information content (AvgIpc) is 3.33. The predicted octanol–water partition coefficient (Wildman–Crippen LogP) is 4.90. The van der Waals surface area contributed by atoms with Gasteiger partial charge in [-0.1, -0.05) is 51.0 Å². The number of nitrogens with one attached hydrogen (secondary N) is 3. The molecule has 1 fully saturated rings. The van der Waals surface area contributed by atoms with Crippen LogP contribution in [0, 0.1) is 11.7 Å². The molecule has 1 aromatic heterocycles. The van der Waals surface area contributed by atoms with Gasteiger partial charge in [0.25, 0.3) is 5.91 Å². The molecule has 3 rings (SSSR count). The van der Waals surface area contributed by atoms with E-state index in [9.17, 15) is 19.1 Å². The Morgan fingerprint density at radius 1 is 1.26 bits per heavy atom. The molecule has 1 heterocycles. The molecule has 1 aliphatic carbocycles. The first-order chi connectivity index (χ1) is 16.4. The van der Waals surface area contributed by atoms with E-state index in [2.05, 4.69) is 34.1 Å². The highest BCUT2D eigenvalue weighted by Gasteiger charge is 2.27. The van der Waals surface area contributed by atoms with Gasteiger partial charge in [0.15, 0.2) is 5.82 Å². The highest BCUT2D eigenvalue weighted by molar-refractivity contribution is 5.98. The van der Waals surface area contributed by atoms with Gasteiger partial charge in [-0.15, -0.1) is 0 Å². The summed E-state index contributed by atoms with van der Waals surface area (Å²) in [6, 6.07) is 7.26. The number of amides is 2. The van der Waals surface area contributed by atoms with Gasteiger partial charge in [-0.3, -0.25) is 14.6 Å². The van der Waals surface area contributed by atoms with Gasteiger partial charge in [-0.05, 0) is 42.7 Å². The fourth-order valence-electron chi connectivity index (χ4n) is 3.97. The number of halogens is 1. The molecule has 1 aromatic carbocycles. The second kappa shape index (κ2) is 11.8. The Labute approximate surface area is 198 Å². The zero-order chi connectivity index (χ0) is 24.5. The topological polar surface area (TPSA) is 103 Å². The van der Waals surface area contributed by atoms with Gasteiger partial charge in [0, 0.05) is 17.4 Å². The van der Waals surface area contributed by atoms with E-state index in [4.69, 9.17) is 0 Å². The van der Waals surface area contributed by atoms with E-state index in [1.165, 1.54) is 24.4 Å². The first-order valence-corrected chi connectivity index (χ1v) is 11.2. The first-order valence-electron chi connectivity index (χ1n) is 11.2. The van der Waals surface area contributed by atoms with Crippen molar-refractivity contribution in [2.24, 2.45) is 5.92 Å². The van der Waals surface area contributed by atoms with Gasteiger partial charge < -0.3 is 21.1 Å². The molecule has 0 saturated heterocycles. The average molecular weight is 465 g/mol. The van der Waals surface area contributed by atoms with Crippen LogP contribution in [0.2, 0.25) is 0 Å². The predicted molar refractivity (Wildman–Crippen MR) is 130 cm³/mol. The molecule has 0 bridgehead atoms. The van der Waals surface area contributed by atoms with Crippen molar-refractivity contribution in [2.45, 2.75) is 38.1 Å². The number of benzene rings is 1.